The van der Waals surface area contributed by atoms with E-state index in [1.54, 1.807) is 7.05 Å². The highest BCUT2D eigenvalue weighted by Gasteiger charge is 2.24. The minimum Gasteiger partial charge on any atom is -0.465 e. The fraction of sp³-hybridized carbons (Fsp3) is 0.818. The first kappa shape index (κ1) is 14.6. The molecule has 7 nitrogen and oxygen atoms in total. The van der Waals surface area contributed by atoms with Gasteiger partial charge in [0.2, 0.25) is 0 Å². The molecule has 7 heteroatoms. The smallest absolute Gasteiger partial charge is 0.404 e. The molecule has 4 N–H and O–H groups in total. The molecule has 0 unspecified atom stereocenters. The van der Waals surface area contributed by atoms with E-state index in [1.165, 1.54) is 4.90 Å². The molecule has 1 fully saturated rings. The van der Waals surface area contributed by atoms with Gasteiger partial charge >= 0.3 is 12.1 Å². The fourth-order valence-corrected chi connectivity index (χ4v) is 2.09. The molecule has 0 aliphatic heterocycles. The molecule has 0 spiro atoms. The van der Waals surface area contributed by atoms with Crippen molar-refractivity contribution in [3.05, 3.63) is 0 Å². The van der Waals surface area contributed by atoms with Crippen LogP contribution < -0.4 is 10.6 Å². The van der Waals surface area contributed by atoms with Crippen LogP contribution in [0.1, 0.15) is 25.7 Å². The predicted molar refractivity (Wildman–Crippen MR) is 65.5 cm³/mol. The number of nitrogens with zero attached hydrogens (tertiary/aromatic N) is 1. The predicted octanol–water partition coefficient (Wildman–Crippen LogP) is 0.199. The van der Waals surface area contributed by atoms with Gasteiger partial charge in [-0.05, 0) is 25.7 Å². The first-order valence-corrected chi connectivity index (χ1v) is 6.15. The monoisotopic (exact) mass is 259 g/mol. The van der Waals surface area contributed by atoms with Gasteiger partial charge in [0.1, 0.15) is 0 Å². The standard InChI is InChI=1S/C11H21N3O4/c1-14(6-7-15)10(16)12-8-2-4-9(5-3-8)13-11(17)18/h8-9,13,15H,2-7H2,1H3,(H,12,16)(H,17,18)/t8-,9-. The molecule has 1 saturated carbocycles. The van der Waals surface area contributed by atoms with E-state index in [-0.39, 0.29) is 24.7 Å². The highest BCUT2D eigenvalue weighted by Crippen LogP contribution is 2.18. The zero-order chi connectivity index (χ0) is 13.5. The zero-order valence-corrected chi connectivity index (χ0v) is 10.6. The number of carboxylic acid groups (broad SMARTS) is 1. The summed E-state index contributed by atoms with van der Waals surface area (Å²) >= 11 is 0. The second kappa shape index (κ2) is 7.05. The molecule has 1 rings (SSSR count). The quantitative estimate of drug-likeness (QED) is 0.579. The lowest BCUT2D eigenvalue weighted by molar-refractivity contribution is 0.176. The molecule has 104 valence electrons. The van der Waals surface area contributed by atoms with Crippen molar-refractivity contribution in [1.82, 2.24) is 15.5 Å². The number of amides is 3. The van der Waals surface area contributed by atoms with Gasteiger partial charge in [-0.2, -0.15) is 0 Å². The van der Waals surface area contributed by atoms with E-state index in [0.29, 0.717) is 6.54 Å². The van der Waals surface area contributed by atoms with Gasteiger partial charge in [-0.1, -0.05) is 0 Å². The van der Waals surface area contributed by atoms with Crippen LogP contribution in [-0.2, 0) is 0 Å². The normalized spacial score (nSPS) is 23.2. The van der Waals surface area contributed by atoms with Crippen molar-refractivity contribution < 1.29 is 19.8 Å². The molecule has 0 aromatic heterocycles. The second-order valence-corrected chi connectivity index (χ2v) is 4.59. The van der Waals surface area contributed by atoms with E-state index in [1.807, 2.05) is 0 Å². The summed E-state index contributed by atoms with van der Waals surface area (Å²) in [4.78, 5) is 23.6. The maximum absolute atomic E-state index is 11.7. The number of carbonyl (C=O) groups excluding carboxylic acids is 1. The number of carbonyl (C=O) groups is 2. The summed E-state index contributed by atoms with van der Waals surface area (Å²) in [5, 5.41) is 22.7. The third-order valence-electron chi connectivity index (χ3n) is 3.16. The van der Waals surface area contributed by atoms with Crippen LogP contribution in [0.25, 0.3) is 0 Å². The fourth-order valence-electron chi connectivity index (χ4n) is 2.09. The molecule has 0 saturated heterocycles. The van der Waals surface area contributed by atoms with Gasteiger partial charge in [0.05, 0.1) is 6.61 Å². The van der Waals surface area contributed by atoms with E-state index >= 15 is 0 Å². The molecule has 0 aromatic carbocycles. The Kier molecular flexibility index (Phi) is 5.70. The molecule has 0 radical (unpaired) electrons. The third-order valence-corrected chi connectivity index (χ3v) is 3.16. The van der Waals surface area contributed by atoms with Crippen LogP contribution in [0.2, 0.25) is 0 Å². The third kappa shape index (κ3) is 4.79. The van der Waals surface area contributed by atoms with Gasteiger partial charge in [0, 0.05) is 25.7 Å². The van der Waals surface area contributed by atoms with E-state index in [2.05, 4.69) is 10.6 Å². The Labute approximate surface area is 106 Å². The number of aliphatic hydroxyl groups excluding tert-OH is 1. The van der Waals surface area contributed by atoms with Crippen molar-refractivity contribution in [3.63, 3.8) is 0 Å². The summed E-state index contributed by atoms with van der Waals surface area (Å²) in [6.07, 6.45) is 2.01. The molecule has 0 heterocycles. The van der Waals surface area contributed by atoms with Gasteiger partial charge in [-0.25, -0.2) is 9.59 Å². The van der Waals surface area contributed by atoms with Crippen LogP contribution >= 0.6 is 0 Å². The number of urea groups is 1. The minimum absolute atomic E-state index is 0.00850. The van der Waals surface area contributed by atoms with Crippen LogP contribution in [0.4, 0.5) is 9.59 Å². The van der Waals surface area contributed by atoms with Crippen molar-refractivity contribution >= 4 is 12.1 Å². The zero-order valence-electron chi connectivity index (χ0n) is 10.6. The number of aliphatic hydroxyl groups is 1. The average molecular weight is 259 g/mol. The number of nitrogens with one attached hydrogen (secondary N) is 2. The summed E-state index contributed by atoms with van der Waals surface area (Å²) in [6.45, 7) is 0.251. The Morgan fingerprint density at radius 1 is 1.17 bits per heavy atom. The van der Waals surface area contributed by atoms with Crippen LogP contribution in [-0.4, -0.2) is 59.5 Å². The SMILES string of the molecule is CN(CCO)C(=O)N[C@H]1CC[C@H](NC(=O)O)CC1. The van der Waals surface area contributed by atoms with Gasteiger partial charge in [0.25, 0.3) is 0 Å². The van der Waals surface area contributed by atoms with Crippen LogP contribution in [0, 0.1) is 0 Å². The summed E-state index contributed by atoms with van der Waals surface area (Å²) in [6, 6.07) is -0.116. The first-order chi connectivity index (χ1) is 8.52. The maximum atomic E-state index is 11.7. The Hall–Kier alpha value is -1.50. The average Bonchev–Trinajstić information content (AvgIpc) is 2.31. The molecule has 1 aliphatic carbocycles. The Bertz CT molecular complexity index is 290. The van der Waals surface area contributed by atoms with Crippen molar-refractivity contribution in [2.75, 3.05) is 20.2 Å². The summed E-state index contributed by atoms with van der Waals surface area (Å²) in [5.41, 5.74) is 0. The van der Waals surface area contributed by atoms with Crippen LogP contribution in [0.3, 0.4) is 0 Å². The lowest BCUT2D eigenvalue weighted by atomic mass is 9.91. The summed E-state index contributed by atoms with van der Waals surface area (Å²) in [5.74, 6) is 0. The molecular formula is C11H21N3O4. The molecule has 0 aromatic rings. The Balaban J connectivity index is 2.26. The van der Waals surface area contributed by atoms with Crippen molar-refractivity contribution in [1.29, 1.82) is 0 Å². The first-order valence-electron chi connectivity index (χ1n) is 6.15. The van der Waals surface area contributed by atoms with E-state index in [9.17, 15) is 9.59 Å². The van der Waals surface area contributed by atoms with E-state index in [0.717, 1.165) is 25.7 Å². The topological polar surface area (TPSA) is 102 Å². The summed E-state index contributed by atoms with van der Waals surface area (Å²) < 4.78 is 0. The highest BCUT2D eigenvalue weighted by molar-refractivity contribution is 5.74. The largest absolute Gasteiger partial charge is 0.465 e. The number of hydrogen-bond acceptors (Lipinski definition) is 3. The lowest BCUT2D eigenvalue weighted by Gasteiger charge is -2.30. The van der Waals surface area contributed by atoms with Crippen LogP contribution in [0.5, 0.6) is 0 Å². The minimum atomic E-state index is -0.995. The highest BCUT2D eigenvalue weighted by atomic mass is 16.4. The van der Waals surface area contributed by atoms with Gasteiger partial charge < -0.3 is 25.7 Å². The van der Waals surface area contributed by atoms with Crippen LogP contribution in [0.15, 0.2) is 0 Å². The molecule has 0 atom stereocenters. The number of hydrogen-bond donors (Lipinski definition) is 4. The lowest BCUT2D eigenvalue weighted by Crippen LogP contribution is -2.47. The molecule has 0 bridgehead atoms. The molecule has 18 heavy (non-hydrogen) atoms. The molecular weight excluding hydrogens is 238 g/mol. The van der Waals surface area contributed by atoms with E-state index in [4.69, 9.17) is 10.2 Å². The Morgan fingerprint density at radius 3 is 2.11 bits per heavy atom. The van der Waals surface area contributed by atoms with Crippen molar-refractivity contribution in [3.8, 4) is 0 Å². The maximum Gasteiger partial charge on any atom is 0.404 e. The number of rotatable bonds is 4. The van der Waals surface area contributed by atoms with Gasteiger partial charge in [-0.15, -0.1) is 0 Å². The molecule has 1 aliphatic rings. The molecule has 3 amide bonds. The summed E-state index contributed by atoms with van der Waals surface area (Å²) in [7, 11) is 1.63. The van der Waals surface area contributed by atoms with Crippen molar-refractivity contribution in [2.45, 2.75) is 37.8 Å². The second-order valence-electron chi connectivity index (χ2n) is 4.59. The number of likely N-dealkylation sites (N-methyl/N-ethyl adjacent to an activating group) is 1. The van der Waals surface area contributed by atoms with Gasteiger partial charge in [-0.3, -0.25) is 0 Å². The van der Waals surface area contributed by atoms with E-state index < -0.39 is 6.09 Å². The van der Waals surface area contributed by atoms with Crippen molar-refractivity contribution in [2.24, 2.45) is 0 Å². The van der Waals surface area contributed by atoms with Gasteiger partial charge in [0.15, 0.2) is 0 Å². The Morgan fingerprint density at radius 2 is 1.67 bits per heavy atom.